The van der Waals surface area contributed by atoms with Crippen LogP contribution in [0.4, 0.5) is 11.4 Å². The first-order valence-corrected chi connectivity index (χ1v) is 11.8. The number of hydrogen-bond donors (Lipinski definition) is 3. The van der Waals surface area contributed by atoms with Crippen LogP contribution in [0.3, 0.4) is 0 Å². The number of rotatable bonds is 6. The summed E-state index contributed by atoms with van der Waals surface area (Å²) in [7, 11) is 0. The molecule has 0 saturated heterocycles. The molecule has 0 aromatic heterocycles. The van der Waals surface area contributed by atoms with Crippen LogP contribution in [-0.2, 0) is 4.79 Å². The molecule has 186 valence electrons. The summed E-state index contributed by atoms with van der Waals surface area (Å²) in [5.74, 6) is -1.56. The Morgan fingerprint density at radius 1 is 0.946 bits per heavy atom. The molecular formula is C28H25N5O4. The molecule has 0 spiro atoms. The number of nitrogens with zero attached hydrogens (tertiary/aromatic N) is 3. The minimum atomic E-state index is -1.00. The lowest BCUT2D eigenvalue weighted by Crippen LogP contribution is -2.57. The van der Waals surface area contributed by atoms with E-state index >= 15 is 0 Å². The van der Waals surface area contributed by atoms with Crippen LogP contribution in [0, 0.1) is 5.41 Å². The lowest BCUT2D eigenvalue weighted by molar-refractivity contribution is -0.137. The number of fused-ring (bicyclic) bond motifs is 4. The summed E-state index contributed by atoms with van der Waals surface area (Å²) in [5, 5.41) is 16.9. The van der Waals surface area contributed by atoms with E-state index in [0.717, 1.165) is 5.56 Å². The highest BCUT2D eigenvalue weighted by Gasteiger charge is 2.43. The van der Waals surface area contributed by atoms with Crippen LogP contribution in [-0.4, -0.2) is 52.9 Å². The summed E-state index contributed by atoms with van der Waals surface area (Å²) in [5.41, 5.74) is 9.07. The minimum Gasteiger partial charge on any atom is -0.481 e. The number of para-hydroxylation sites is 2. The quantitative estimate of drug-likeness (QED) is 0.355. The summed E-state index contributed by atoms with van der Waals surface area (Å²) in [6.45, 7) is 0.140. The van der Waals surface area contributed by atoms with E-state index in [9.17, 15) is 19.5 Å². The van der Waals surface area contributed by atoms with Gasteiger partial charge in [-0.2, -0.15) is 0 Å². The van der Waals surface area contributed by atoms with E-state index < -0.39 is 12.1 Å². The number of carbonyl (C=O) groups is 3. The van der Waals surface area contributed by atoms with Gasteiger partial charge >= 0.3 is 5.97 Å². The Balaban J connectivity index is 1.62. The van der Waals surface area contributed by atoms with Gasteiger partial charge in [0.15, 0.2) is 0 Å². The van der Waals surface area contributed by atoms with E-state index in [2.05, 4.69) is 0 Å². The average Bonchev–Trinajstić information content (AvgIpc) is 3.02. The van der Waals surface area contributed by atoms with Crippen molar-refractivity contribution in [2.75, 3.05) is 22.9 Å². The fourth-order valence-electron chi connectivity index (χ4n) is 4.73. The highest BCUT2D eigenvalue weighted by Crippen LogP contribution is 2.38. The Morgan fingerprint density at radius 3 is 2.22 bits per heavy atom. The topological polar surface area (TPSA) is 131 Å². The largest absolute Gasteiger partial charge is 0.481 e. The van der Waals surface area contributed by atoms with E-state index in [1.165, 1.54) is 4.90 Å². The Labute approximate surface area is 213 Å². The first kappa shape index (κ1) is 23.8. The van der Waals surface area contributed by atoms with Crippen molar-refractivity contribution in [2.24, 2.45) is 5.73 Å². The Bertz CT molecular complexity index is 1430. The highest BCUT2D eigenvalue weighted by molar-refractivity contribution is 6.16. The number of amidine groups is 1. The molecule has 0 bridgehead atoms. The second-order valence-electron chi connectivity index (χ2n) is 8.84. The van der Waals surface area contributed by atoms with Crippen molar-refractivity contribution < 1.29 is 19.5 Å². The van der Waals surface area contributed by atoms with Crippen LogP contribution in [0.1, 0.15) is 38.3 Å². The number of nitrogens with one attached hydrogen (secondary N) is 1. The third-order valence-electron chi connectivity index (χ3n) is 6.56. The summed E-state index contributed by atoms with van der Waals surface area (Å²) < 4.78 is 0. The molecule has 1 atom stereocenters. The smallest absolute Gasteiger partial charge is 0.305 e. The van der Waals surface area contributed by atoms with E-state index in [0.29, 0.717) is 28.1 Å². The molecule has 1 unspecified atom stereocenters. The van der Waals surface area contributed by atoms with Gasteiger partial charge in [0, 0.05) is 18.3 Å². The molecule has 37 heavy (non-hydrogen) atoms. The molecule has 5 rings (SSSR count). The first-order valence-electron chi connectivity index (χ1n) is 11.8. The van der Waals surface area contributed by atoms with Gasteiger partial charge in [-0.05, 0) is 35.9 Å². The lowest BCUT2D eigenvalue weighted by Gasteiger charge is -2.44. The molecule has 2 aliphatic heterocycles. The van der Waals surface area contributed by atoms with Crippen molar-refractivity contribution in [3.63, 3.8) is 0 Å². The van der Waals surface area contributed by atoms with E-state index in [4.69, 9.17) is 11.1 Å². The van der Waals surface area contributed by atoms with Crippen molar-refractivity contribution in [1.82, 2.24) is 4.90 Å². The zero-order valence-electron chi connectivity index (χ0n) is 19.9. The number of anilines is 2. The zero-order valence-corrected chi connectivity index (χ0v) is 19.9. The fraction of sp³-hybridized carbons (Fsp3) is 0.143. The van der Waals surface area contributed by atoms with Gasteiger partial charge in [-0.1, -0.05) is 48.5 Å². The predicted octanol–water partition coefficient (Wildman–Crippen LogP) is 3.36. The molecule has 2 aliphatic rings. The number of carbonyl (C=O) groups excluding carboxylic acids is 2. The molecular weight excluding hydrogens is 470 g/mol. The molecule has 3 aromatic carbocycles. The average molecular weight is 496 g/mol. The van der Waals surface area contributed by atoms with Crippen LogP contribution in [0.15, 0.2) is 79.0 Å². The Morgan fingerprint density at radius 2 is 1.57 bits per heavy atom. The molecule has 3 aromatic rings. The summed E-state index contributed by atoms with van der Waals surface area (Å²) in [6, 6.07) is 21.4. The third-order valence-corrected chi connectivity index (χ3v) is 6.56. The van der Waals surface area contributed by atoms with Crippen LogP contribution in [0.2, 0.25) is 0 Å². The number of nitrogen functional groups attached to an aromatic ring is 1. The van der Waals surface area contributed by atoms with E-state index in [1.807, 2.05) is 41.4 Å². The second-order valence-corrected chi connectivity index (χ2v) is 8.84. The molecule has 2 amide bonds. The number of benzene rings is 3. The number of amides is 2. The Hall–Kier alpha value is -4.92. The lowest BCUT2D eigenvalue weighted by atomic mass is 10.0. The summed E-state index contributed by atoms with van der Waals surface area (Å²) in [6.07, 6.45) is 2.94. The van der Waals surface area contributed by atoms with Crippen LogP contribution >= 0.6 is 0 Å². The number of nitrogens with two attached hydrogens (primary N) is 1. The molecule has 0 saturated carbocycles. The van der Waals surface area contributed by atoms with E-state index in [-0.39, 0.29) is 37.2 Å². The number of carboxylic acids is 1. The van der Waals surface area contributed by atoms with Crippen LogP contribution in [0.25, 0.3) is 6.08 Å². The Kier molecular flexibility index (Phi) is 6.19. The second kappa shape index (κ2) is 9.62. The first-order chi connectivity index (χ1) is 17.8. The van der Waals surface area contributed by atoms with Crippen molar-refractivity contribution in [2.45, 2.75) is 12.6 Å². The van der Waals surface area contributed by atoms with Crippen molar-refractivity contribution in [3.8, 4) is 0 Å². The predicted molar refractivity (Wildman–Crippen MR) is 141 cm³/mol. The molecule has 9 heteroatoms. The SMILES string of the molecule is N=C(N)c1ccc(/C=C/N2c3ccccc3C(=O)N3c4ccccc4C(=O)N(CCC(=O)O)CC23)cc1. The zero-order chi connectivity index (χ0) is 26.1. The van der Waals surface area contributed by atoms with Gasteiger partial charge in [0.25, 0.3) is 11.8 Å². The molecule has 4 N–H and O–H groups in total. The standard InChI is InChI=1S/C28H25N5O4/c29-26(30)19-11-9-18(10-12-19)13-16-32-22-7-3-1-5-20(22)28(37)33-23-8-4-2-6-21(23)27(36)31(17-24(32)33)15-14-25(34)35/h1-13,16,24H,14-15,17H2,(H3,29,30)(H,34,35)/b16-13+. The van der Waals surface area contributed by atoms with Gasteiger partial charge in [-0.25, -0.2) is 0 Å². The fourth-order valence-corrected chi connectivity index (χ4v) is 4.73. The normalized spacial score (nSPS) is 16.8. The van der Waals surface area contributed by atoms with Gasteiger partial charge < -0.3 is 20.6 Å². The van der Waals surface area contributed by atoms with Gasteiger partial charge in [0.2, 0.25) is 0 Å². The van der Waals surface area contributed by atoms with Crippen molar-refractivity contribution >= 4 is 41.1 Å². The van der Waals surface area contributed by atoms with Crippen LogP contribution in [0.5, 0.6) is 0 Å². The summed E-state index contributed by atoms with van der Waals surface area (Å²) in [4.78, 5) is 43.7. The molecule has 9 nitrogen and oxygen atoms in total. The maximum Gasteiger partial charge on any atom is 0.305 e. The van der Waals surface area contributed by atoms with Crippen molar-refractivity contribution in [3.05, 3.63) is 101 Å². The maximum atomic E-state index is 13.8. The summed E-state index contributed by atoms with van der Waals surface area (Å²) >= 11 is 0. The highest BCUT2D eigenvalue weighted by atomic mass is 16.4. The molecule has 0 fully saturated rings. The molecule has 2 heterocycles. The molecule has 0 aliphatic carbocycles. The van der Waals surface area contributed by atoms with Gasteiger partial charge in [-0.15, -0.1) is 0 Å². The maximum absolute atomic E-state index is 13.8. The molecule has 0 radical (unpaired) electrons. The third kappa shape index (κ3) is 4.42. The van der Waals surface area contributed by atoms with Gasteiger partial charge in [-0.3, -0.25) is 24.7 Å². The van der Waals surface area contributed by atoms with Gasteiger partial charge in [0.05, 0.1) is 35.5 Å². The van der Waals surface area contributed by atoms with Crippen LogP contribution < -0.4 is 15.5 Å². The van der Waals surface area contributed by atoms with E-state index in [1.54, 1.807) is 53.4 Å². The number of aliphatic carboxylic acids is 1. The van der Waals surface area contributed by atoms with Crippen molar-refractivity contribution in [1.29, 1.82) is 5.41 Å². The number of hydrogen-bond acceptors (Lipinski definition) is 5. The minimum absolute atomic E-state index is 0.0158. The number of carboxylic acid groups (broad SMARTS) is 1. The van der Waals surface area contributed by atoms with Gasteiger partial charge in [0.1, 0.15) is 12.0 Å². The monoisotopic (exact) mass is 495 g/mol.